The monoisotopic (exact) mass is 139 g/mol. The highest BCUT2D eigenvalue weighted by Gasteiger charge is 2.22. The lowest BCUT2D eigenvalue weighted by molar-refractivity contribution is -0.991. The lowest BCUT2D eigenvalue weighted by atomic mass is 10.6. The summed E-state index contributed by atoms with van der Waals surface area (Å²) in [7, 11) is 0. The van der Waals surface area contributed by atoms with Crippen LogP contribution in [0, 0.1) is 0 Å². The number of aliphatic hydroxyl groups excluding tert-OH is 4. The van der Waals surface area contributed by atoms with Gasteiger partial charge < -0.3 is 21.9 Å². The predicted octanol–water partition coefficient (Wildman–Crippen LogP) is -2.29. The van der Waals surface area contributed by atoms with Gasteiger partial charge in [0, 0.05) is 0 Å². The van der Waals surface area contributed by atoms with Crippen LogP contribution in [-0.4, -0.2) is 51.8 Å². The van der Waals surface area contributed by atoms with Gasteiger partial charge in [0.05, 0.1) is 0 Å². The summed E-state index contributed by atoms with van der Waals surface area (Å²) in [6.07, 6.45) is 0. The largest absolute Gasteiger partial charge is 1.00 e. The lowest BCUT2D eigenvalue weighted by Crippen LogP contribution is -2.50. The van der Waals surface area contributed by atoms with Gasteiger partial charge in [0.15, 0.2) is 26.9 Å². The third-order valence-corrected chi connectivity index (χ3v) is 1.20. The van der Waals surface area contributed by atoms with Gasteiger partial charge in [0.25, 0.3) is 0 Å². The lowest BCUT2D eigenvalue weighted by Gasteiger charge is -2.28. The van der Waals surface area contributed by atoms with Crippen molar-refractivity contribution in [3.63, 3.8) is 0 Å². The Bertz CT molecular complexity index is 60.1. The van der Waals surface area contributed by atoms with E-state index in [1.165, 1.54) is 0 Å². The number of nitrogens with zero attached hydrogens (tertiary/aromatic N) is 1. The van der Waals surface area contributed by atoms with E-state index in [1.54, 1.807) is 0 Å². The molecule has 0 spiro atoms. The molecule has 0 heterocycles. The molecule has 0 saturated heterocycles. The first-order chi connectivity index (χ1) is 4.24. The van der Waals surface area contributed by atoms with Crippen LogP contribution in [0.15, 0.2) is 0 Å². The fourth-order valence-corrected chi connectivity index (χ4v) is 0.268. The summed E-state index contributed by atoms with van der Waals surface area (Å²) in [6, 6.07) is 0. The molecule has 0 aliphatic rings. The number of hydrogen-bond donors (Lipinski definition) is 4. The molecule has 0 fully saturated rings. The Morgan fingerprint density at radius 2 is 1.00 bits per heavy atom. The van der Waals surface area contributed by atoms with Crippen molar-refractivity contribution in [3.05, 3.63) is 0 Å². The van der Waals surface area contributed by atoms with Gasteiger partial charge in [-0.05, 0) is 0 Å². The molecule has 0 unspecified atom stereocenters. The van der Waals surface area contributed by atoms with Gasteiger partial charge >= 0.3 is 0 Å². The van der Waals surface area contributed by atoms with Crippen molar-refractivity contribution in [2.75, 3.05) is 26.9 Å². The molecule has 9 heavy (non-hydrogen) atoms. The molecule has 0 aromatic rings. The average Bonchev–Trinajstić information content (AvgIpc) is 1.95. The Balaban J connectivity index is 0. The Morgan fingerprint density at radius 3 is 1.00 bits per heavy atom. The second kappa shape index (κ2) is 3.76. The zero-order chi connectivity index (χ0) is 7.33. The predicted molar refractivity (Wildman–Crippen MR) is 29.7 cm³/mol. The van der Waals surface area contributed by atoms with Gasteiger partial charge in [-0.15, -0.1) is 0 Å². The van der Waals surface area contributed by atoms with Crippen molar-refractivity contribution in [3.8, 4) is 0 Å². The topological polar surface area (TPSA) is 80.9 Å². The molecular formula is C4H13NO4. The van der Waals surface area contributed by atoms with Crippen LogP contribution in [0.25, 0.3) is 0 Å². The van der Waals surface area contributed by atoms with Gasteiger partial charge in [-0.1, -0.05) is 0 Å². The summed E-state index contributed by atoms with van der Waals surface area (Å²) < 4.78 is -0.500. The Hall–Kier alpha value is -0.200. The minimum absolute atomic E-state index is 0. The zero-order valence-electron chi connectivity index (χ0n) is 6.06. The number of rotatable bonds is 4. The molecule has 0 aliphatic heterocycles. The standard InChI is InChI=1S/C4H12NO4.H/c6-1-5(2-7,3-8)4-9;/h6-9H,1-4H2;/q+1;-1. The van der Waals surface area contributed by atoms with Crippen molar-refractivity contribution in [2.45, 2.75) is 0 Å². The Labute approximate surface area is 54.5 Å². The van der Waals surface area contributed by atoms with Crippen LogP contribution in [0.4, 0.5) is 0 Å². The van der Waals surface area contributed by atoms with Gasteiger partial charge in [-0.2, -0.15) is 0 Å². The van der Waals surface area contributed by atoms with E-state index >= 15 is 0 Å². The molecule has 0 saturated carbocycles. The Kier molecular flexibility index (Phi) is 3.67. The highest BCUT2D eigenvalue weighted by atomic mass is 16.4. The van der Waals surface area contributed by atoms with Crippen LogP contribution in [0.5, 0.6) is 0 Å². The van der Waals surface area contributed by atoms with Crippen molar-refractivity contribution in [1.29, 1.82) is 0 Å². The minimum atomic E-state index is -0.500. The first kappa shape index (κ1) is 8.80. The smallest absolute Gasteiger partial charge is 0.185 e. The molecule has 0 aromatic carbocycles. The molecule has 0 aromatic heterocycles. The molecule has 5 nitrogen and oxygen atoms in total. The second-order valence-electron chi connectivity index (χ2n) is 1.91. The van der Waals surface area contributed by atoms with E-state index in [4.69, 9.17) is 20.4 Å². The van der Waals surface area contributed by atoms with E-state index in [1.807, 2.05) is 0 Å². The normalized spacial score (nSPS) is 12.0. The third-order valence-electron chi connectivity index (χ3n) is 1.20. The Morgan fingerprint density at radius 1 is 0.778 bits per heavy atom. The van der Waals surface area contributed by atoms with Crippen molar-refractivity contribution in [1.82, 2.24) is 0 Å². The third kappa shape index (κ3) is 1.88. The molecular weight excluding hydrogens is 126 g/mol. The summed E-state index contributed by atoms with van der Waals surface area (Å²) in [5.74, 6) is 0. The highest BCUT2D eigenvalue weighted by Crippen LogP contribution is 1.97. The van der Waals surface area contributed by atoms with E-state index in [-0.39, 0.29) is 1.43 Å². The average molecular weight is 139 g/mol. The maximum atomic E-state index is 8.47. The second-order valence-corrected chi connectivity index (χ2v) is 1.91. The fraction of sp³-hybridized carbons (Fsp3) is 1.00. The van der Waals surface area contributed by atoms with Crippen LogP contribution in [0.1, 0.15) is 1.43 Å². The SMILES string of the molecule is OC[N+](CO)(CO)CO.[H-]. The molecule has 4 N–H and O–H groups in total. The first-order valence-corrected chi connectivity index (χ1v) is 2.53. The highest BCUT2D eigenvalue weighted by molar-refractivity contribution is 4.10. The molecule has 0 atom stereocenters. The number of hydrogen-bond acceptors (Lipinski definition) is 4. The molecule has 0 rings (SSSR count). The summed E-state index contributed by atoms with van der Waals surface area (Å²) in [5, 5.41) is 33.9. The van der Waals surface area contributed by atoms with E-state index in [0.717, 1.165) is 0 Å². The number of aliphatic hydroxyl groups is 4. The first-order valence-electron chi connectivity index (χ1n) is 2.53. The molecule has 0 amide bonds. The quantitative estimate of drug-likeness (QED) is 0.261. The molecule has 0 bridgehead atoms. The zero-order valence-corrected chi connectivity index (χ0v) is 5.06. The molecule has 0 radical (unpaired) electrons. The summed E-state index contributed by atoms with van der Waals surface area (Å²) >= 11 is 0. The molecule has 5 heteroatoms. The van der Waals surface area contributed by atoms with Crippen LogP contribution in [0.2, 0.25) is 0 Å². The maximum Gasteiger partial charge on any atom is 0.185 e. The van der Waals surface area contributed by atoms with Gasteiger partial charge in [-0.25, -0.2) is 4.48 Å². The van der Waals surface area contributed by atoms with E-state index in [0.29, 0.717) is 0 Å². The van der Waals surface area contributed by atoms with Crippen LogP contribution in [-0.2, 0) is 0 Å². The van der Waals surface area contributed by atoms with Gasteiger partial charge in [0.2, 0.25) is 0 Å². The van der Waals surface area contributed by atoms with E-state index < -0.39 is 31.4 Å². The van der Waals surface area contributed by atoms with E-state index in [9.17, 15) is 0 Å². The van der Waals surface area contributed by atoms with Crippen molar-refractivity contribution in [2.24, 2.45) is 0 Å². The fourth-order valence-electron chi connectivity index (χ4n) is 0.268. The summed E-state index contributed by atoms with van der Waals surface area (Å²) in [5.41, 5.74) is 0. The van der Waals surface area contributed by atoms with Gasteiger partial charge in [-0.3, -0.25) is 0 Å². The van der Waals surface area contributed by atoms with E-state index in [2.05, 4.69) is 0 Å². The molecule has 0 aliphatic carbocycles. The number of quaternary nitrogens is 1. The maximum absolute atomic E-state index is 8.47. The van der Waals surface area contributed by atoms with Crippen molar-refractivity contribution >= 4 is 0 Å². The van der Waals surface area contributed by atoms with Crippen LogP contribution >= 0.6 is 0 Å². The van der Waals surface area contributed by atoms with Crippen LogP contribution < -0.4 is 0 Å². The summed E-state index contributed by atoms with van der Waals surface area (Å²) in [4.78, 5) is 0. The minimum Gasteiger partial charge on any atom is -1.00 e. The van der Waals surface area contributed by atoms with Crippen LogP contribution in [0.3, 0.4) is 0 Å². The molecule has 58 valence electrons. The van der Waals surface area contributed by atoms with Gasteiger partial charge in [0.1, 0.15) is 0 Å². The van der Waals surface area contributed by atoms with Crippen molar-refractivity contribution < 1.29 is 26.3 Å². The summed E-state index contributed by atoms with van der Waals surface area (Å²) in [6.45, 7) is -1.88.